The van der Waals surface area contributed by atoms with Crippen molar-refractivity contribution < 1.29 is 4.79 Å². The van der Waals surface area contributed by atoms with E-state index in [0.717, 1.165) is 28.8 Å². The standard InChI is InChI=1S/C18H29N3O/c1-7-13(4)15(17(22)9-3)12-14(5)16(8-2)21-18(19)10-11-20-6/h8,10-12,20H,7,9H2,1-6H3,(H2,19,21)/b11-10-,14-12-,15-13-,16-8+. The number of nitrogens with zero attached hydrogens (tertiary/aromatic N) is 1. The largest absolute Gasteiger partial charge is 0.394 e. The second-order valence-electron chi connectivity index (χ2n) is 4.98. The smallest absolute Gasteiger partial charge is 0.162 e. The van der Waals surface area contributed by atoms with Gasteiger partial charge >= 0.3 is 0 Å². The van der Waals surface area contributed by atoms with Crippen LogP contribution in [-0.2, 0) is 4.79 Å². The first-order chi connectivity index (χ1) is 10.4. The van der Waals surface area contributed by atoms with Crippen molar-refractivity contribution >= 4 is 11.6 Å². The predicted molar refractivity (Wildman–Crippen MR) is 95.6 cm³/mol. The number of carbonyl (C=O) groups is 1. The molecule has 0 aliphatic heterocycles. The Bertz CT molecular complexity index is 535. The number of hydrogen-bond acceptors (Lipinski definition) is 3. The van der Waals surface area contributed by atoms with Crippen LogP contribution in [0.4, 0.5) is 0 Å². The number of Topliss-reactive ketones (excluding diaryl/α,β-unsaturated/α-hetero) is 1. The zero-order valence-corrected chi connectivity index (χ0v) is 14.7. The van der Waals surface area contributed by atoms with Gasteiger partial charge in [0.05, 0.1) is 5.70 Å². The molecule has 22 heavy (non-hydrogen) atoms. The van der Waals surface area contributed by atoms with Crippen LogP contribution in [0.5, 0.6) is 0 Å². The van der Waals surface area contributed by atoms with Crippen molar-refractivity contribution in [2.75, 3.05) is 7.05 Å². The van der Waals surface area contributed by atoms with Gasteiger partial charge in [0.2, 0.25) is 0 Å². The summed E-state index contributed by atoms with van der Waals surface area (Å²) >= 11 is 0. The number of rotatable bonds is 8. The molecule has 0 saturated carbocycles. The maximum atomic E-state index is 12.1. The quantitative estimate of drug-likeness (QED) is 0.311. The lowest BCUT2D eigenvalue weighted by Crippen LogP contribution is -2.10. The molecule has 0 spiro atoms. The molecule has 0 radical (unpaired) electrons. The number of aliphatic imine (C=N–C) groups is 1. The zero-order valence-electron chi connectivity index (χ0n) is 14.7. The summed E-state index contributed by atoms with van der Waals surface area (Å²) in [5, 5.41) is 2.87. The minimum absolute atomic E-state index is 0.154. The van der Waals surface area contributed by atoms with Gasteiger partial charge in [-0.25, -0.2) is 4.99 Å². The van der Waals surface area contributed by atoms with E-state index in [1.165, 1.54) is 0 Å². The van der Waals surface area contributed by atoms with Gasteiger partial charge in [-0.3, -0.25) is 4.79 Å². The molecule has 0 unspecified atom stereocenters. The average molecular weight is 303 g/mol. The fourth-order valence-electron chi connectivity index (χ4n) is 1.84. The molecule has 3 N–H and O–H groups in total. The van der Waals surface area contributed by atoms with Crippen molar-refractivity contribution in [3.05, 3.63) is 46.8 Å². The van der Waals surface area contributed by atoms with Crippen molar-refractivity contribution in [2.45, 2.75) is 47.5 Å². The van der Waals surface area contributed by atoms with Crippen LogP contribution in [0.2, 0.25) is 0 Å². The average Bonchev–Trinajstić information content (AvgIpc) is 2.53. The molecule has 0 rings (SSSR count). The van der Waals surface area contributed by atoms with Crippen molar-refractivity contribution in [2.24, 2.45) is 10.7 Å². The Morgan fingerprint density at radius 1 is 1.23 bits per heavy atom. The van der Waals surface area contributed by atoms with E-state index in [4.69, 9.17) is 5.73 Å². The van der Waals surface area contributed by atoms with Crippen LogP contribution in [0.15, 0.2) is 51.8 Å². The van der Waals surface area contributed by atoms with E-state index >= 15 is 0 Å². The fourth-order valence-corrected chi connectivity index (χ4v) is 1.84. The molecule has 0 saturated heterocycles. The van der Waals surface area contributed by atoms with Crippen LogP contribution in [0.1, 0.15) is 47.5 Å². The Hall–Kier alpha value is -2.10. The maximum Gasteiger partial charge on any atom is 0.162 e. The van der Waals surface area contributed by atoms with E-state index in [1.54, 1.807) is 19.3 Å². The number of allylic oxidation sites excluding steroid dienone is 5. The number of hydrogen-bond donors (Lipinski definition) is 2. The van der Waals surface area contributed by atoms with Gasteiger partial charge in [0.1, 0.15) is 5.84 Å². The summed E-state index contributed by atoms with van der Waals surface area (Å²) in [6.45, 7) is 9.78. The summed E-state index contributed by atoms with van der Waals surface area (Å²) in [6, 6.07) is 0. The first-order valence-electron chi connectivity index (χ1n) is 7.67. The van der Waals surface area contributed by atoms with Gasteiger partial charge in [-0.05, 0) is 51.1 Å². The molecule has 0 bridgehead atoms. The monoisotopic (exact) mass is 303 g/mol. The van der Waals surface area contributed by atoms with E-state index in [1.807, 2.05) is 39.8 Å². The Labute approximate surface area is 134 Å². The molecule has 0 fully saturated rings. The molecule has 0 aromatic heterocycles. The van der Waals surface area contributed by atoms with Gasteiger partial charge in [-0.1, -0.05) is 25.5 Å². The first kappa shape index (κ1) is 19.9. The van der Waals surface area contributed by atoms with E-state index in [0.29, 0.717) is 12.3 Å². The van der Waals surface area contributed by atoms with Gasteiger partial charge in [-0.15, -0.1) is 0 Å². The van der Waals surface area contributed by atoms with E-state index in [-0.39, 0.29) is 5.78 Å². The van der Waals surface area contributed by atoms with Gasteiger partial charge in [-0.2, -0.15) is 0 Å². The number of amidine groups is 1. The van der Waals surface area contributed by atoms with Crippen LogP contribution in [-0.4, -0.2) is 18.7 Å². The van der Waals surface area contributed by atoms with E-state index < -0.39 is 0 Å². The van der Waals surface area contributed by atoms with Crippen molar-refractivity contribution in [1.29, 1.82) is 0 Å². The van der Waals surface area contributed by atoms with Crippen molar-refractivity contribution in [3.8, 4) is 0 Å². The maximum absolute atomic E-state index is 12.1. The van der Waals surface area contributed by atoms with Crippen LogP contribution in [0, 0.1) is 0 Å². The molecule has 0 aliphatic carbocycles. The lowest BCUT2D eigenvalue weighted by atomic mass is 9.98. The Morgan fingerprint density at radius 3 is 2.32 bits per heavy atom. The van der Waals surface area contributed by atoms with Crippen LogP contribution < -0.4 is 11.1 Å². The molecule has 0 aromatic rings. The third-order valence-corrected chi connectivity index (χ3v) is 3.32. The highest BCUT2D eigenvalue weighted by molar-refractivity contribution is 5.98. The third-order valence-electron chi connectivity index (χ3n) is 3.32. The van der Waals surface area contributed by atoms with Gasteiger partial charge in [0.25, 0.3) is 0 Å². The molecule has 0 aromatic carbocycles. The summed E-state index contributed by atoms with van der Waals surface area (Å²) in [5.41, 5.74) is 9.41. The topological polar surface area (TPSA) is 67.5 Å². The molecule has 0 atom stereocenters. The highest BCUT2D eigenvalue weighted by Gasteiger charge is 2.09. The minimum atomic E-state index is 0.154. The lowest BCUT2D eigenvalue weighted by molar-refractivity contribution is -0.115. The molecule has 4 heteroatoms. The van der Waals surface area contributed by atoms with Crippen LogP contribution >= 0.6 is 0 Å². The SMILES string of the molecule is C/C=C(/N=C(N)\C=C/NC)C(\C)=C/C(C(=O)CC)=C(\C)CC. The van der Waals surface area contributed by atoms with Crippen molar-refractivity contribution in [3.63, 3.8) is 0 Å². The van der Waals surface area contributed by atoms with Gasteiger partial charge in [0, 0.05) is 19.0 Å². The van der Waals surface area contributed by atoms with Crippen LogP contribution in [0.3, 0.4) is 0 Å². The summed E-state index contributed by atoms with van der Waals surface area (Å²) in [7, 11) is 1.80. The Balaban J connectivity index is 5.63. The van der Waals surface area contributed by atoms with Crippen molar-refractivity contribution in [1.82, 2.24) is 5.32 Å². The Morgan fingerprint density at radius 2 is 1.86 bits per heavy atom. The second-order valence-corrected chi connectivity index (χ2v) is 4.98. The highest BCUT2D eigenvalue weighted by atomic mass is 16.1. The first-order valence-corrected chi connectivity index (χ1v) is 7.67. The number of nitrogens with one attached hydrogen (secondary N) is 1. The summed E-state index contributed by atoms with van der Waals surface area (Å²) in [4.78, 5) is 16.5. The summed E-state index contributed by atoms with van der Waals surface area (Å²) < 4.78 is 0. The highest BCUT2D eigenvalue weighted by Crippen LogP contribution is 2.19. The van der Waals surface area contributed by atoms with E-state index in [2.05, 4.69) is 17.2 Å². The van der Waals surface area contributed by atoms with Gasteiger partial charge in [0.15, 0.2) is 5.78 Å². The fraction of sp³-hybridized carbons (Fsp3) is 0.444. The molecule has 0 heterocycles. The summed E-state index contributed by atoms with van der Waals surface area (Å²) in [5.74, 6) is 0.566. The molecule has 122 valence electrons. The van der Waals surface area contributed by atoms with Gasteiger partial charge < -0.3 is 11.1 Å². The predicted octanol–water partition coefficient (Wildman–Crippen LogP) is 3.63. The number of nitrogens with two attached hydrogens (primary N) is 1. The molecular formula is C18H29N3O. The number of carbonyl (C=O) groups excluding carboxylic acids is 1. The molecule has 4 nitrogen and oxygen atoms in total. The Kier molecular flexibility index (Phi) is 9.59. The third kappa shape index (κ3) is 6.57. The lowest BCUT2D eigenvalue weighted by Gasteiger charge is -2.08. The van der Waals surface area contributed by atoms with E-state index in [9.17, 15) is 4.79 Å². The minimum Gasteiger partial charge on any atom is -0.394 e. The number of ketones is 1. The second kappa shape index (κ2) is 10.6. The normalized spacial score (nSPS) is 15.1. The summed E-state index contributed by atoms with van der Waals surface area (Å²) in [6.07, 6.45) is 8.57. The zero-order chi connectivity index (χ0) is 17.1. The molecular weight excluding hydrogens is 274 g/mol. The van der Waals surface area contributed by atoms with Crippen LogP contribution in [0.25, 0.3) is 0 Å². The molecule has 0 amide bonds. The molecule has 0 aliphatic rings.